The lowest BCUT2D eigenvalue weighted by Crippen LogP contribution is -2.49. The van der Waals surface area contributed by atoms with Crippen LogP contribution >= 0.6 is 11.3 Å². The molecule has 1 aliphatic heterocycles. The molecule has 0 atom stereocenters. The first-order valence-electron chi connectivity index (χ1n) is 9.56. The maximum absolute atomic E-state index is 14.0. The van der Waals surface area contributed by atoms with E-state index in [1.54, 1.807) is 35.3 Å². The number of H-pyrrole nitrogens is 1. The highest BCUT2D eigenvalue weighted by molar-refractivity contribution is 7.15. The fourth-order valence-corrected chi connectivity index (χ4v) is 4.59. The summed E-state index contributed by atoms with van der Waals surface area (Å²) in [5, 5.41) is 0. The fraction of sp³-hybridized carbons (Fsp3) is 0.273. The number of nitrogens with one attached hydrogen (secondary N) is 1. The number of nitrogens with zero attached hydrogens (tertiary/aromatic N) is 2. The molecule has 1 aliphatic rings. The van der Waals surface area contributed by atoms with Crippen molar-refractivity contribution in [3.63, 3.8) is 0 Å². The zero-order valence-corrected chi connectivity index (χ0v) is 17.0. The van der Waals surface area contributed by atoms with Crippen molar-refractivity contribution in [1.29, 1.82) is 0 Å². The van der Waals surface area contributed by atoms with Gasteiger partial charge in [-0.2, -0.15) is 0 Å². The number of rotatable bonds is 4. The molecule has 3 aromatic rings. The van der Waals surface area contributed by atoms with E-state index in [9.17, 15) is 14.0 Å². The molecule has 5 nitrogen and oxygen atoms in total. The fourth-order valence-electron chi connectivity index (χ4n) is 3.51. The van der Waals surface area contributed by atoms with E-state index in [0.717, 1.165) is 35.1 Å². The Morgan fingerprint density at radius 2 is 1.90 bits per heavy atom. The number of benzene rings is 1. The minimum atomic E-state index is -0.243. The summed E-state index contributed by atoms with van der Waals surface area (Å²) in [6.07, 6.45) is 1.50. The quantitative estimate of drug-likeness (QED) is 0.715. The van der Waals surface area contributed by atoms with E-state index in [1.165, 1.54) is 18.3 Å². The molecule has 150 valence electrons. The average molecular weight is 412 g/mol. The van der Waals surface area contributed by atoms with Crippen LogP contribution in [0.5, 0.6) is 0 Å². The van der Waals surface area contributed by atoms with Crippen molar-refractivity contribution in [2.75, 3.05) is 26.2 Å². The van der Waals surface area contributed by atoms with E-state index >= 15 is 0 Å². The number of halogens is 1. The second-order valence-electron chi connectivity index (χ2n) is 7.21. The third-order valence-corrected chi connectivity index (χ3v) is 6.23. The first kappa shape index (κ1) is 19.5. The summed E-state index contributed by atoms with van der Waals surface area (Å²) in [5.74, 6) is -0.428. The Morgan fingerprint density at radius 3 is 2.62 bits per heavy atom. The van der Waals surface area contributed by atoms with E-state index in [1.807, 2.05) is 18.2 Å². The van der Waals surface area contributed by atoms with Crippen molar-refractivity contribution >= 4 is 17.2 Å². The van der Waals surface area contributed by atoms with Crippen molar-refractivity contribution in [3.8, 4) is 10.4 Å². The van der Waals surface area contributed by atoms with Gasteiger partial charge in [0.25, 0.3) is 5.91 Å². The number of amides is 1. The van der Waals surface area contributed by atoms with E-state index in [-0.39, 0.29) is 22.7 Å². The zero-order chi connectivity index (χ0) is 20.4. The van der Waals surface area contributed by atoms with Crippen LogP contribution in [0.25, 0.3) is 10.4 Å². The topological polar surface area (TPSA) is 56.4 Å². The molecule has 0 saturated carbocycles. The highest BCUT2D eigenvalue weighted by Gasteiger charge is 2.24. The number of aryl methyl sites for hydroxylation is 1. The smallest absolute Gasteiger partial charge is 0.259 e. The predicted octanol–water partition coefficient (Wildman–Crippen LogP) is 3.51. The van der Waals surface area contributed by atoms with E-state index < -0.39 is 0 Å². The van der Waals surface area contributed by atoms with Gasteiger partial charge in [-0.25, -0.2) is 4.39 Å². The number of thiophene rings is 1. The van der Waals surface area contributed by atoms with Gasteiger partial charge in [0.05, 0.1) is 0 Å². The first-order valence-corrected chi connectivity index (χ1v) is 10.4. The summed E-state index contributed by atoms with van der Waals surface area (Å²) in [7, 11) is 0. The molecule has 29 heavy (non-hydrogen) atoms. The number of piperazine rings is 1. The molecule has 1 aromatic carbocycles. The molecule has 3 heterocycles. The van der Waals surface area contributed by atoms with Gasteiger partial charge in [-0.1, -0.05) is 18.2 Å². The van der Waals surface area contributed by atoms with Gasteiger partial charge in [-0.3, -0.25) is 14.5 Å². The van der Waals surface area contributed by atoms with Crippen molar-refractivity contribution in [2.24, 2.45) is 0 Å². The molecule has 0 spiro atoms. The van der Waals surface area contributed by atoms with Gasteiger partial charge in [0.1, 0.15) is 11.4 Å². The van der Waals surface area contributed by atoms with Crippen molar-refractivity contribution < 1.29 is 9.18 Å². The number of carbonyl (C=O) groups is 1. The summed E-state index contributed by atoms with van der Waals surface area (Å²) >= 11 is 1.59. The summed E-state index contributed by atoms with van der Waals surface area (Å²) < 4.78 is 14.0. The van der Waals surface area contributed by atoms with Crippen molar-refractivity contribution in [1.82, 2.24) is 14.8 Å². The van der Waals surface area contributed by atoms with Crippen LogP contribution in [0.1, 0.15) is 20.9 Å². The van der Waals surface area contributed by atoms with Crippen molar-refractivity contribution in [2.45, 2.75) is 13.5 Å². The normalized spacial score (nSPS) is 14.9. The SMILES string of the molecule is Cc1cc(=O)c(C(=O)N2CCN(Cc3ccc(-c4ccccc4F)s3)CC2)c[nH]1. The molecule has 0 bridgehead atoms. The molecule has 2 aromatic heterocycles. The first-order chi connectivity index (χ1) is 14.0. The van der Waals surface area contributed by atoms with Crippen LogP contribution < -0.4 is 5.43 Å². The van der Waals surface area contributed by atoms with Gasteiger partial charge in [-0.15, -0.1) is 11.3 Å². The monoisotopic (exact) mass is 411 g/mol. The molecule has 7 heteroatoms. The van der Waals surface area contributed by atoms with Crippen LogP contribution in [-0.4, -0.2) is 46.9 Å². The molecular weight excluding hydrogens is 389 g/mol. The second kappa shape index (κ2) is 8.31. The van der Waals surface area contributed by atoms with Gasteiger partial charge >= 0.3 is 0 Å². The lowest BCUT2D eigenvalue weighted by Gasteiger charge is -2.34. The average Bonchev–Trinajstić information content (AvgIpc) is 3.17. The van der Waals surface area contributed by atoms with Gasteiger partial charge in [0, 0.05) is 66.0 Å². The summed E-state index contributed by atoms with van der Waals surface area (Å²) in [6.45, 7) is 5.20. The predicted molar refractivity (Wildman–Crippen MR) is 113 cm³/mol. The lowest BCUT2D eigenvalue weighted by molar-refractivity contribution is 0.0628. The standard InChI is InChI=1S/C22H22FN3O2S/c1-15-12-20(27)18(13-24-15)22(28)26-10-8-25(9-11-26)14-16-6-7-21(29-16)17-4-2-3-5-19(17)23/h2-7,12-13H,8-11,14H2,1H3,(H,24,27). The Labute approximate surface area is 172 Å². The largest absolute Gasteiger partial charge is 0.364 e. The molecule has 1 N–H and O–H groups in total. The minimum Gasteiger partial charge on any atom is -0.364 e. The number of aromatic nitrogens is 1. The Kier molecular flexibility index (Phi) is 5.60. The molecular formula is C22H22FN3O2S. The molecule has 1 amide bonds. The van der Waals surface area contributed by atoms with Gasteiger partial charge in [-0.05, 0) is 25.1 Å². The summed E-state index contributed by atoms with van der Waals surface area (Å²) in [4.78, 5) is 33.7. The third kappa shape index (κ3) is 4.31. The Bertz CT molecular complexity index is 1080. The number of aromatic amines is 1. The molecule has 1 fully saturated rings. The molecule has 4 rings (SSSR count). The van der Waals surface area contributed by atoms with Crippen LogP contribution in [0.15, 0.2) is 53.5 Å². The molecule has 0 radical (unpaired) electrons. The molecule has 0 aliphatic carbocycles. The second-order valence-corrected chi connectivity index (χ2v) is 8.38. The van der Waals surface area contributed by atoms with Gasteiger partial charge in [0.15, 0.2) is 5.43 Å². The Hall–Kier alpha value is -2.77. The highest BCUT2D eigenvalue weighted by Crippen LogP contribution is 2.30. The summed E-state index contributed by atoms with van der Waals surface area (Å²) in [6, 6.07) is 12.3. The maximum atomic E-state index is 14.0. The maximum Gasteiger partial charge on any atom is 0.259 e. The summed E-state index contributed by atoms with van der Waals surface area (Å²) in [5.41, 5.74) is 1.31. The van der Waals surface area contributed by atoms with Crippen LogP contribution in [-0.2, 0) is 6.54 Å². The van der Waals surface area contributed by atoms with Gasteiger partial charge in [0.2, 0.25) is 0 Å². The Morgan fingerprint density at radius 1 is 1.14 bits per heavy atom. The van der Waals surface area contributed by atoms with E-state index in [0.29, 0.717) is 18.7 Å². The number of hydrogen-bond acceptors (Lipinski definition) is 4. The van der Waals surface area contributed by atoms with Crippen LogP contribution in [0, 0.1) is 12.7 Å². The molecule has 0 unspecified atom stereocenters. The third-order valence-electron chi connectivity index (χ3n) is 5.13. The van der Waals surface area contributed by atoms with E-state index in [2.05, 4.69) is 9.88 Å². The number of hydrogen-bond donors (Lipinski definition) is 1. The zero-order valence-electron chi connectivity index (χ0n) is 16.2. The minimum absolute atomic E-state index is 0.192. The van der Waals surface area contributed by atoms with Crippen LogP contribution in [0.4, 0.5) is 4.39 Å². The highest BCUT2D eigenvalue weighted by atomic mass is 32.1. The van der Waals surface area contributed by atoms with Crippen LogP contribution in [0.3, 0.4) is 0 Å². The lowest BCUT2D eigenvalue weighted by atomic mass is 10.2. The number of carbonyl (C=O) groups excluding carboxylic acids is 1. The van der Waals surface area contributed by atoms with E-state index in [4.69, 9.17) is 0 Å². The van der Waals surface area contributed by atoms with Crippen LogP contribution in [0.2, 0.25) is 0 Å². The van der Waals surface area contributed by atoms with Gasteiger partial charge < -0.3 is 9.88 Å². The molecule has 1 saturated heterocycles. The van der Waals surface area contributed by atoms with Crippen molar-refractivity contribution in [3.05, 3.63) is 80.8 Å². The number of pyridine rings is 1. The Balaban J connectivity index is 1.36.